The highest BCUT2D eigenvalue weighted by Crippen LogP contribution is 2.15. The van der Waals surface area contributed by atoms with E-state index in [1.807, 2.05) is 0 Å². The summed E-state index contributed by atoms with van der Waals surface area (Å²) in [6, 6.07) is 27.7. The lowest BCUT2D eigenvalue weighted by molar-refractivity contribution is 0.432. The SMILES string of the molecule is Cc1cc(C)cc(NC(=S)N(CCc2ccccc2)CCc2ccccc2)c1. The molecule has 0 aliphatic carbocycles. The number of aryl methyl sites for hydroxylation is 2. The van der Waals surface area contributed by atoms with Crippen molar-refractivity contribution in [2.75, 3.05) is 18.4 Å². The number of rotatable bonds is 7. The molecule has 144 valence electrons. The van der Waals surface area contributed by atoms with Gasteiger partial charge in [0.15, 0.2) is 5.11 Å². The Morgan fingerprint density at radius 1 is 0.750 bits per heavy atom. The molecule has 0 heterocycles. The van der Waals surface area contributed by atoms with Gasteiger partial charge in [0.25, 0.3) is 0 Å². The number of nitrogens with one attached hydrogen (secondary N) is 1. The predicted octanol–water partition coefficient (Wildman–Crippen LogP) is 5.79. The van der Waals surface area contributed by atoms with Crippen molar-refractivity contribution in [1.82, 2.24) is 4.90 Å². The van der Waals surface area contributed by atoms with Crippen LogP contribution in [0.3, 0.4) is 0 Å². The van der Waals surface area contributed by atoms with E-state index in [0.717, 1.165) is 36.7 Å². The second kappa shape index (κ2) is 10.0. The molecule has 0 saturated heterocycles. The Labute approximate surface area is 174 Å². The first-order valence-electron chi connectivity index (χ1n) is 9.82. The summed E-state index contributed by atoms with van der Waals surface area (Å²) in [5.41, 5.74) is 6.21. The fourth-order valence-electron chi connectivity index (χ4n) is 3.38. The third kappa shape index (κ3) is 6.21. The summed E-state index contributed by atoms with van der Waals surface area (Å²) in [6.07, 6.45) is 1.95. The van der Waals surface area contributed by atoms with E-state index in [0.29, 0.717) is 0 Å². The van der Waals surface area contributed by atoms with Crippen molar-refractivity contribution in [3.8, 4) is 0 Å². The van der Waals surface area contributed by atoms with E-state index in [4.69, 9.17) is 12.2 Å². The lowest BCUT2D eigenvalue weighted by Crippen LogP contribution is -2.37. The first kappa shape index (κ1) is 20.1. The van der Waals surface area contributed by atoms with Gasteiger partial charge in [0, 0.05) is 18.8 Å². The zero-order chi connectivity index (χ0) is 19.8. The van der Waals surface area contributed by atoms with E-state index in [-0.39, 0.29) is 0 Å². The lowest BCUT2D eigenvalue weighted by Gasteiger charge is -2.26. The third-order valence-corrected chi connectivity index (χ3v) is 5.15. The number of hydrogen-bond donors (Lipinski definition) is 1. The van der Waals surface area contributed by atoms with E-state index in [9.17, 15) is 0 Å². The Morgan fingerprint density at radius 3 is 1.68 bits per heavy atom. The molecule has 0 unspecified atom stereocenters. The highest BCUT2D eigenvalue weighted by Gasteiger charge is 2.11. The maximum absolute atomic E-state index is 5.79. The number of hydrogen-bond acceptors (Lipinski definition) is 1. The molecule has 2 nitrogen and oxygen atoms in total. The summed E-state index contributed by atoms with van der Waals surface area (Å²) in [5.74, 6) is 0. The van der Waals surface area contributed by atoms with Gasteiger partial charge in [0.1, 0.15) is 0 Å². The van der Waals surface area contributed by atoms with Crippen LogP contribution < -0.4 is 5.32 Å². The highest BCUT2D eigenvalue weighted by atomic mass is 32.1. The molecule has 1 N–H and O–H groups in total. The van der Waals surface area contributed by atoms with Gasteiger partial charge in [-0.05, 0) is 73.3 Å². The molecule has 0 aliphatic heterocycles. The molecule has 0 fully saturated rings. The summed E-state index contributed by atoms with van der Waals surface area (Å²) in [4.78, 5) is 2.28. The van der Waals surface area contributed by atoms with Gasteiger partial charge in [0.05, 0.1) is 0 Å². The number of thiocarbonyl (C=S) groups is 1. The van der Waals surface area contributed by atoms with Crippen molar-refractivity contribution in [2.24, 2.45) is 0 Å². The van der Waals surface area contributed by atoms with E-state index in [1.54, 1.807) is 0 Å². The minimum absolute atomic E-state index is 0.789. The highest BCUT2D eigenvalue weighted by molar-refractivity contribution is 7.80. The zero-order valence-electron chi connectivity index (χ0n) is 16.7. The maximum Gasteiger partial charge on any atom is 0.173 e. The molecule has 0 atom stereocenters. The van der Waals surface area contributed by atoms with Crippen molar-refractivity contribution in [1.29, 1.82) is 0 Å². The van der Waals surface area contributed by atoms with Gasteiger partial charge < -0.3 is 10.2 Å². The standard InChI is InChI=1S/C25H28N2S/c1-20-17-21(2)19-24(18-20)26-25(28)27(15-13-22-9-5-3-6-10-22)16-14-23-11-7-4-8-12-23/h3-12,17-19H,13-16H2,1-2H3,(H,26,28). The predicted molar refractivity (Wildman–Crippen MR) is 124 cm³/mol. The molecule has 0 saturated carbocycles. The van der Waals surface area contributed by atoms with Gasteiger partial charge in [0.2, 0.25) is 0 Å². The molecule has 0 amide bonds. The van der Waals surface area contributed by atoms with Gasteiger partial charge in [-0.15, -0.1) is 0 Å². The molecule has 0 aliphatic rings. The van der Waals surface area contributed by atoms with Crippen LogP contribution in [0.1, 0.15) is 22.3 Å². The second-order valence-electron chi connectivity index (χ2n) is 7.26. The monoisotopic (exact) mass is 388 g/mol. The van der Waals surface area contributed by atoms with Crippen molar-refractivity contribution in [2.45, 2.75) is 26.7 Å². The molecule has 0 spiro atoms. The average molecular weight is 389 g/mol. The Morgan fingerprint density at radius 2 is 1.21 bits per heavy atom. The largest absolute Gasteiger partial charge is 0.348 e. The summed E-state index contributed by atoms with van der Waals surface area (Å²) in [7, 11) is 0. The second-order valence-corrected chi connectivity index (χ2v) is 7.65. The van der Waals surface area contributed by atoms with Crippen LogP contribution in [-0.2, 0) is 12.8 Å². The average Bonchev–Trinajstić information content (AvgIpc) is 2.68. The van der Waals surface area contributed by atoms with E-state index < -0.39 is 0 Å². The topological polar surface area (TPSA) is 15.3 Å². The van der Waals surface area contributed by atoms with E-state index in [1.165, 1.54) is 22.3 Å². The molecule has 0 bridgehead atoms. The molecular weight excluding hydrogens is 360 g/mol. The molecule has 28 heavy (non-hydrogen) atoms. The van der Waals surface area contributed by atoms with Gasteiger partial charge >= 0.3 is 0 Å². The molecule has 0 radical (unpaired) electrons. The quantitative estimate of drug-likeness (QED) is 0.516. The zero-order valence-corrected chi connectivity index (χ0v) is 17.5. The third-order valence-electron chi connectivity index (χ3n) is 4.79. The number of benzene rings is 3. The summed E-state index contributed by atoms with van der Waals surface area (Å²) in [6.45, 7) is 6.02. The normalized spacial score (nSPS) is 10.5. The minimum atomic E-state index is 0.789. The maximum atomic E-state index is 5.79. The Kier molecular flexibility index (Phi) is 7.21. The molecule has 3 heteroatoms. The van der Waals surface area contributed by atoms with Crippen molar-refractivity contribution < 1.29 is 0 Å². The molecule has 3 rings (SSSR count). The van der Waals surface area contributed by atoms with E-state index >= 15 is 0 Å². The van der Waals surface area contributed by atoms with Crippen LogP contribution >= 0.6 is 12.2 Å². The Balaban J connectivity index is 1.68. The minimum Gasteiger partial charge on any atom is -0.348 e. The summed E-state index contributed by atoms with van der Waals surface area (Å²) < 4.78 is 0. The van der Waals surface area contributed by atoms with Crippen LogP contribution in [0.5, 0.6) is 0 Å². The van der Waals surface area contributed by atoms with Gasteiger partial charge in [-0.25, -0.2) is 0 Å². The van der Waals surface area contributed by atoms with Gasteiger partial charge in [-0.2, -0.15) is 0 Å². The van der Waals surface area contributed by atoms with Crippen LogP contribution in [0.15, 0.2) is 78.9 Å². The molecule has 3 aromatic rings. The Bertz CT molecular complexity index is 827. The van der Waals surface area contributed by atoms with Crippen LogP contribution in [-0.4, -0.2) is 23.1 Å². The summed E-state index contributed by atoms with van der Waals surface area (Å²) in [5, 5.41) is 4.24. The number of nitrogens with zero attached hydrogens (tertiary/aromatic N) is 1. The summed E-state index contributed by atoms with van der Waals surface area (Å²) >= 11 is 5.79. The van der Waals surface area contributed by atoms with Crippen LogP contribution in [0.4, 0.5) is 5.69 Å². The fourth-order valence-corrected chi connectivity index (χ4v) is 3.68. The van der Waals surface area contributed by atoms with Crippen molar-refractivity contribution in [3.05, 3.63) is 101 Å². The van der Waals surface area contributed by atoms with Crippen LogP contribution in [0.25, 0.3) is 0 Å². The number of anilines is 1. The van der Waals surface area contributed by atoms with Gasteiger partial charge in [-0.1, -0.05) is 66.7 Å². The lowest BCUT2D eigenvalue weighted by atomic mass is 10.1. The van der Waals surface area contributed by atoms with Crippen molar-refractivity contribution >= 4 is 23.0 Å². The Hall–Kier alpha value is -2.65. The van der Waals surface area contributed by atoms with Crippen LogP contribution in [0, 0.1) is 13.8 Å². The van der Waals surface area contributed by atoms with Crippen LogP contribution in [0.2, 0.25) is 0 Å². The van der Waals surface area contributed by atoms with E-state index in [2.05, 4.69) is 103 Å². The van der Waals surface area contributed by atoms with Crippen molar-refractivity contribution in [3.63, 3.8) is 0 Å². The smallest absolute Gasteiger partial charge is 0.173 e. The molecule has 0 aromatic heterocycles. The first-order chi connectivity index (χ1) is 13.6. The molecule has 3 aromatic carbocycles. The fraction of sp³-hybridized carbons (Fsp3) is 0.240. The first-order valence-corrected chi connectivity index (χ1v) is 10.2. The van der Waals surface area contributed by atoms with Gasteiger partial charge in [-0.3, -0.25) is 0 Å². The molecular formula is C25H28N2S.